The number of carbonyl (C=O) groups is 1. The summed E-state index contributed by atoms with van der Waals surface area (Å²) >= 11 is 12.0. The number of nitrogens with one attached hydrogen (secondary N) is 1. The molecular weight excluding hydrogens is 437 g/mol. The monoisotopic (exact) mass is 458 g/mol. The molecule has 1 aliphatic carbocycles. The van der Waals surface area contributed by atoms with Gasteiger partial charge >= 0.3 is 0 Å². The van der Waals surface area contributed by atoms with Crippen LogP contribution in [-0.4, -0.2) is 35.6 Å². The lowest BCUT2D eigenvalue weighted by atomic mass is 9.91. The fourth-order valence-electron chi connectivity index (χ4n) is 4.01. The van der Waals surface area contributed by atoms with Crippen molar-refractivity contribution >= 4 is 46.0 Å². The number of carbonyl (C=O) groups excluding carboxylic acids is 1. The number of nitrogens with zero attached hydrogens (tertiary/aromatic N) is 2. The van der Waals surface area contributed by atoms with Gasteiger partial charge in [-0.15, -0.1) is 5.10 Å². The van der Waals surface area contributed by atoms with Gasteiger partial charge < -0.3 is 14.5 Å². The van der Waals surface area contributed by atoms with Gasteiger partial charge in [0.15, 0.2) is 12.5 Å². The average molecular weight is 459 g/mol. The van der Waals surface area contributed by atoms with Crippen molar-refractivity contribution in [1.82, 2.24) is 10.3 Å². The molecule has 0 saturated heterocycles. The molecule has 160 valence electrons. The predicted molar refractivity (Wildman–Crippen MR) is 121 cm³/mol. The highest BCUT2D eigenvalue weighted by Crippen LogP contribution is 2.27. The summed E-state index contributed by atoms with van der Waals surface area (Å²) in [6.45, 7) is -0.876. The van der Waals surface area contributed by atoms with Crippen LogP contribution in [0.1, 0.15) is 43.2 Å². The van der Waals surface area contributed by atoms with Crippen molar-refractivity contribution in [3.05, 3.63) is 69.9 Å². The second-order valence-corrected chi connectivity index (χ2v) is 8.66. The Hall–Kier alpha value is -2.70. The van der Waals surface area contributed by atoms with E-state index in [0.717, 1.165) is 36.6 Å². The average Bonchev–Trinajstić information content (AvgIpc) is 3.38. The van der Waals surface area contributed by atoms with E-state index >= 15 is 0 Å². The summed E-state index contributed by atoms with van der Waals surface area (Å²) in [5.74, 6) is 0.481. The largest absolute Gasteiger partial charge is 0.453 e. The van der Waals surface area contributed by atoms with Gasteiger partial charge in [0.05, 0.1) is 7.41 Å². The van der Waals surface area contributed by atoms with Crippen LogP contribution in [0.2, 0.25) is 10.0 Å². The number of hydrogen-bond donors (Lipinski definition) is 1. The van der Waals surface area contributed by atoms with Gasteiger partial charge in [-0.3, -0.25) is 9.80 Å². The Balaban J connectivity index is 1.19. The number of amides is 1. The zero-order valence-corrected chi connectivity index (χ0v) is 18.1. The Morgan fingerprint density at radius 1 is 1.06 bits per heavy atom. The summed E-state index contributed by atoms with van der Waals surface area (Å²) in [5.41, 5.74) is 1.43. The molecule has 2 heterocycles. The Bertz CT molecular complexity index is 1170. The fraction of sp³-hybridized carbons (Fsp3) is 0.304. The van der Waals surface area contributed by atoms with E-state index in [4.69, 9.17) is 33.7 Å². The molecule has 2 aliphatic rings. The van der Waals surface area contributed by atoms with Gasteiger partial charge in [0.2, 0.25) is 5.90 Å². The number of furan rings is 1. The molecule has 0 bridgehead atoms. The molecule has 8 heteroatoms. The molecule has 6 nitrogen and oxygen atoms in total. The number of hydrogen-bond acceptors (Lipinski definition) is 5. The minimum atomic E-state index is -0.876. The zero-order chi connectivity index (χ0) is 22.2. The van der Waals surface area contributed by atoms with Crippen molar-refractivity contribution in [1.29, 1.82) is 0 Å². The van der Waals surface area contributed by atoms with Crippen LogP contribution in [0.3, 0.4) is 0 Å². The third-order valence-electron chi connectivity index (χ3n) is 5.68. The van der Waals surface area contributed by atoms with Crippen LogP contribution in [0.5, 0.6) is 0 Å². The number of benzene rings is 2. The maximum atomic E-state index is 12.7. The van der Waals surface area contributed by atoms with Crippen molar-refractivity contribution in [2.75, 3.05) is 6.71 Å². The maximum absolute atomic E-state index is 12.7. The van der Waals surface area contributed by atoms with Gasteiger partial charge in [0.25, 0.3) is 5.91 Å². The molecule has 1 aromatic heterocycles. The van der Waals surface area contributed by atoms with Crippen molar-refractivity contribution in [2.45, 2.75) is 37.8 Å². The molecule has 1 aliphatic heterocycles. The van der Waals surface area contributed by atoms with E-state index < -0.39 is 6.71 Å². The fourth-order valence-corrected chi connectivity index (χ4v) is 4.32. The van der Waals surface area contributed by atoms with Crippen LogP contribution in [0.4, 0.5) is 0 Å². The van der Waals surface area contributed by atoms with Crippen molar-refractivity contribution in [3.63, 3.8) is 0 Å². The van der Waals surface area contributed by atoms with Crippen LogP contribution in [0, 0.1) is 0 Å². The van der Waals surface area contributed by atoms with Crippen molar-refractivity contribution < 1.29 is 15.3 Å². The topological polar surface area (TPSA) is 67.1 Å². The molecule has 1 amide bonds. The SMILES string of the molecule is [2H]C1OC(c2ccc(Cl)cc2)=NN1[C@H]1CC[C@H](NC(=O)c2cc3cc(Cl)ccc3o2)CC1. The highest BCUT2D eigenvalue weighted by molar-refractivity contribution is 6.31. The summed E-state index contributed by atoms with van der Waals surface area (Å²) in [7, 11) is 0. The lowest BCUT2D eigenvalue weighted by molar-refractivity contribution is 0.0810. The van der Waals surface area contributed by atoms with Crippen LogP contribution in [0.25, 0.3) is 11.0 Å². The first-order valence-corrected chi connectivity index (χ1v) is 10.9. The molecule has 1 fully saturated rings. The standard InChI is InChI=1S/C23H21Cl2N3O3/c24-16-3-1-14(2-4-16)23-27-28(13-30-23)19-8-6-18(7-9-19)26-22(29)21-12-15-11-17(25)5-10-20(15)31-21/h1-5,10-12,18-19H,6-9,13H2,(H,26,29)/t18-,19-/i13D/t13?,18-,19-. The lowest BCUT2D eigenvalue weighted by Gasteiger charge is -2.32. The summed E-state index contributed by atoms with van der Waals surface area (Å²) in [6.07, 6.45) is 3.18. The third-order valence-corrected chi connectivity index (χ3v) is 6.17. The minimum Gasteiger partial charge on any atom is -0.453 e. The van der Waals surface area contributed by atoms with Crippen molar-refractivity contribution in [2.24, 2.45) is 5.10 Å². The second kappa shape index (κ2) is 8.44. The van der Waals surface area contributed by atoms with E-state index in [9.17, 15) is 4.79 Å². The second-order valence-electron chi connectivity index (χ2n) is 7.79. The van der Waals surface area contributed by atoms with Crippen LogP contribution < -0.4 is 5.32 Å². The van der Waals surface area contributed by atoms with Crippen LogP contribution >= 0.6 is 23.2 Å². The predicted octanol–water partition coefficient (Wildman–Crippen LogP) is 5.43. The number of fused-ring (bicyclic) bond motifs is 1. The van der Waals surface area contributed by atoms with Gasteiger partial charge in [0.1, 0.15) is 5.58 Å². The van der Waals surface area contributed by atoms with E-state index in [0.29, 0.717) is 21.5 Å². The molecule has 0 radical (unpaired) electrons. The molecule has 1 atom stereocenters. The summed E-state index contributed by atoms with van der Waals surface area (Å²) < 4.78 is 19.6. The normalized spacial score (nSPS) is 23.9. The third kappa shape index (κ3) is 4.36. The van der Waals surface area contributed by atoms with Crippen LogP contribution in [-0.2, 0) is 4.74 Å². The first-order valence-electron chi connectivity index (χ1n) is 10.8. The lowest BCUT2D eigenvalue weighted by Crippen LogP contribution is -2.42. The summed E-state index contributed by atoms with van der Waals surface area (Å²) in [5, 5.41) is 11.4. The van der Waals surface area contributed by atoms with E-state index in [1.165, 1.54) is 0 Å². The molecule has 1 N–H and O–H groups in total. The van der Waals surface area contributed by atoms with E-state index in [1.54, 1.807) is 41.4 Å². The number of halogens is 2. The molecule has 5 rings (SSSR count). The summed E-state index contributed by atoms with van der Waals surface area (Å²) in [6, 6.07) is 14.3. The molecule has 0 spiro atoms. The number of hydrazone groups is 1. The molecular formula is C23H21Cl2N3O3. The number of ether oxygens (including phenoxy) is 1. The minimum absolute atomic E-state index is 0.0444. The molecule has 1 unspecified atom stereocenters. The smallest absolute Gasteiger partial charge is 0.287 e. The first-order chi connectivity index (χ1) is 15.5. The maximum Gasteiger partial charge on any atom is 0.287 e. The van der Waals surface area contributed by atoms with Gasteiger partial charge in [-0.25, -0.2) is 0 Å². The molecule has 31 heavy (non-hydrogen) atoms. The van der Waals surface area contributed by atoms with E-state index in [2.05, 4.69) is 10.4 Å². The number of rotatable bonds is 4. The highest BCUT2D eigenvalue weighted by atomic mass is 35.5. The Morgan fingerprint density at radius 2 is 1.81 bits per heavy atom. The van der Waals surface area contributed by atoms with Gasteiger partial charge in [-0.2, -0.15) is 0 Å². The van der Waals surface area contributed by atoms with Gasteiger partial charge in [-0.05, 0) is 74.2 Å². The quantitative estimate of drug-likeness (QED) is 0.565. The van der Waals surface area contributed by atoms with Gasteiger partial charge in [0, 0.05) is 27.0 Å². The Labute approximate surface area is 191 Å². The zero-order valence-electron chi connectivity index (χ0n) is 17.6. The molecule has 2 aromatic carbocycles. The van der Waals surface area contributed by atoms with Crippen LogP contribution in [0.15, 0.2) is 58.0 Å². The molecule has 1 saturated carbocycles. The Morgan fingerprint density at radius 3 is 2.58 bits per heavy atom. The summed E-state index contributed by atoms with van der Waals surface area (Å²) in [4.78, 5) is 12.7. The highest BCUT2D eigenvalue weighted by Gasteiger charge is 2.30. The Kier molecular flexibility index (Phi) is 5.18. The first kappa shape index (κ1) is 19.0. The molecule has 3 aromatic rings. The van der Waals surface area contributed by atoms with Gasteiger partial charge in [-0.1, -0.05) is 23.2 Å². The van der Waals surface area contributed by atoms with Crippen molar-refractivity contribution in [3.8, 4) is 0 Å². The van der Waals surface area contributed by atoms with E-state index in [1.807, 2.05) is 12.1 Å². The van der Waals surface area contributed by atoms with E-state index in [-0.39, 0.29) is 23.8 Å².